The van der Waals surface area contributed by atoms with E-state index in [0.717, 1.165) is 49.2 Å². The number of benzene rings is 2. The number of amides is 1. The Kier molecular flexibility index (Phi) is 4.80. The van der Waals surface area contributed by atoms with E-state index in [2.05, 4.69) is 0 Å². The molecule has 26 heavy (non-hydrogen) atoms. The molecule has 2 N–H and O–H groups in total. The molecular formula is C21H24N2O3. The molecule has 0 saturated carbocycles. The predicted octanol–water partition coefficient (Wildman–Crippen LogP) is 3.42. The fourth-order valence-corrected chi connectivity index (χ4v) is 3.70. The molecule has 5 nitrogen and oxygen atoms in total. The van der Waals surface area contributed by atoms with Crippen molar-refractivity contribution in [2.45, 2.75) is 31.8 Å². The van der Waals surface area contributed by atoms with Crippen molar-refractivity contribution in [3.05, 3.63) is 53.6 Å². The van der Waals surface area contributed by atoms with Crippen LogP contribution in [0.1, 0.15) is 35.2 Å². The van der Waals surface area contributed by atoms with Crippen LogP contribution < -0.4 is 15.4 Å². The van der Waals surface area contributed by atoms with Gasteiger partial charge in [0.25, 0.3) is 5.91 Å². The van der Waals surface area contributed by atoms with Crippen molar-refractivity contribution in [1.29, 1.82) is 0 Å². The lowest BCUT2D eigenvalue weighted by Gasteiger charge is -2.30. The number of nitrogens with two attached hydrogens (primary N) is 1. The zero-order valence-electron chi connectivity index (χ0n) is 14.8. The Balaban J connectivity index is 1.52. The van der Waals surface area contributed by atoms with E-state index < -0.39 is 0 Å². The molecule has 2 aliphatic rings. The van der Waals surface area contributed by atoms with Crippen LogP contribution in [0.25, 0.3) is 0 Å². The number of rotatable bonds is 4. The highest BCUT2D eigenvalue weighted by atomic mass is 16.5. The van der Waals surface area contributed by atoms with Gasteiger partial charge < -0.3 is 20.1 Å². The van der Waals surface area contributed by atoms with Crippen molar-refractivity contribution in [2.24, 2.45) is 0 Å². The maximum atomic E-state index is 13.1. The van der Waals surface area contributed by atoms with Crippen LogP contribution in [0.2, 0.25) is 0 Å². The molecular weight excluding hydrogens is 328 g/mol. The summed E-state index contributed by atoms with van der Waals surface area (Å²) in [6.45, 7) is 2.04. The molecule has 1 unspecified atom stereocenters. The molecule has 2 aromatic rings. The highest BCUT2D eigenvalue weighted by Crippen LogP contribution is 2.32. The van der Waals surface area contributed by atoms with Crippen molar-refractivity contribution in [3.63, 3.8) is 0 Å². The first-order valence-electron chi connectivity index (χ1n) is 9.26. The highest BCUT2D eigenvalue weighted by molar-refractivity contribution is 6.07. The van der Waals surface area contributed by atoms with E-state index in [0.29, 0.717) is 24.5 Å². The minimum atomic E-state index is -0.0147. The van der Waals surface area contributed by atoms with Crippen LogP contribution in [0, 0.1) is 0 Å². The summed E-state index contributed by atoms with van der Waals surface area (Å²) in [5.74, 6) is 0.690. The molecule has 136 valence electrons. The Morgan fingerprint density at radius 2 is 2.12 bits per heavy atom. The summed E-state index contributed by atoms with van der Waals surface area (Å²) in [4.78, 5) is 14.9. The van der Waals surface area contributed by atoms with Crippen molar-refractivity contribution in [3.8, 4) is 5.75 Å². The first kappa shape index (κ1) is 16.9. The Labute approximate surface area is 153 Å². The molecule has 2 aromatic carbocycles. The highest BCUT2D eigenvalue weighted by Gasteiger charge is 2.25. The third-order valence-corrected chi connectivity index (χ3v) is 5.07. The average Bonchev–Trinajstić information content (AvgIpc) is 3.20. The molecule has 0 spiro atoms. The van der Waals surface area contributed by atoms with E-state index in [-0.39, 0.29) is 12.0 Å². The number of nitrogen functional groups attached to an aromatic ring is 1. The topological polar surface area (TPSA) is 64.8 Å². The van der Waals surface area contributed by atoms with Gasteiger partial charge >= 0.3 is 0 Å². The maximum Gasteiger partial charge on any atom is 0.258 e. The lowest BCUT2D eigenvalue weighted by Crippen LogP contribution is -2.35. The van der Waals surface area contributed by atoms with Crippen LogP contribution >= 0.6 is 0 Å². The zero-order chi connectivity index (χ0) is 17.9. The monoisotopic (exact) mass is 352 g/mol. The summed E-state index contributed by atoms with van der Waals surface area (Å²) in [5, 5.41) is 0. The SMILES string of the molecule is Nc1cccc2c1CCCN2C(=O)c1cccc(OCC2CCCO2)c1. The number of fused-ring (bicyclic) bond motifs is 1. The minimum Gasteiger partial charge on any atom is -0.491 e. The normalized spacial score (nSPS) is 19.2. The first-order valence-corrected chi connectivity index (χ1v) is 9.26. The third kappa shape index (κ3) is 3.40. The van der Waals surface area contributed by atoms with Gasteiger partial charge in [0.2, 0.25) is 0 Å². The third-order valence-electron chi connectivity index (χ3n) is 5.07. The van der Waals surface area contributed by atoms with E-state index in [1.54, 1.807) is 0 Å². The minimum absolute atomic E-state index is 0.0147. The maximum absolute atomic E-state index is 13.1. The summed E-state index contributed by atoms with van der Waals surface area (Å²) >= 11 is 0. The summed E-state index contributed by atoms with van der Waals surface area (Å²) in [7, 11) is 0. The predicted molar refractivity (Wildman–Crippen MR) is 102 cm³/mol. The number of ether oxygens (including phenoxy) is 2. The molecule has 1 amide bonds. The lowest BCUT2D eigenvalue weighted by atomic mass is 9.99. The van der Waals surface area contributed by atoms with Crippen LogP contribution in [0.5, 0.6) is 5.75 Å². The largest absolute Gasteiger partial charge is 0.491 e. The first-order chi connectivity index (χ1) is 12.7. The van der Waals surface area contributed by atoms with Gasteiger partial charge in [-0.1, -0.05) is 12.1 Å². The average molecular weight is 352 g/mol. The van der Waals surface area contributed by atoms with E-state index in [9.17, 15) is 4.79 Å². The molecule has 1 atom stereocenters. The van der Waals surface area contributed by atoms with Crippen LogP contribution in [-0.4, -0.2) is 31.8 Å². The Morgan fingerprint density at radius 1 is 1.23 bits per heavy atom. The fourth-order valence-electron chi connectivity index (χ4n) is 3.70. The van der Waals surface area contributed by atoms with Crippen LogP contribution in [0.4, 0.5) is 11.4 Å². The number of hydrogen-bond donors (Lipinski definition) is 1. The van der Waals surface area contributed by atoms with Gasteiger partial charge in [-0.25, -0.2) is 0 Å². The number of hydrogen-bond acceptors (Lipinski definition) is 4. The summed E-state index contributed by atoms with van der Waals surface area (Å²) in [6.07, 6.45) is 4.11. The molecule has 0 bridgehead atoms. The molecule has 1 saturated heterocycles. The van der Waals surface area contributed by atoms with Gasteiger partial charge in [-0.2, -0.15) is 0 Å². The summed E-state index contributed by atoms with van der Waals surface area (Å²) in [6, 6.07) is 13.2. The molecule has 4 rings (SSSR count). The Hall–Kier alpha value is -2.53. The van der Waals surface area contributed by atoms with Gasteiger partial charge in [0.05, 0.1) is 6.10 Å². The summed E-state index contributed by atoms with van der Waals surface area (Å²) < 4.78 is 11.4. The van der Waals surface area contributed by atoms with Gasteiger partial charge in [-0.3, -0.25) is 4.79 Å². The van der Waals surface area contributed by atoms with Crippen molar-refractivity contribution >= 4 is 17.3 Å². The fraction of sp³-hybridized carbons (Fsp3) is 0.381. The molecule has 1 fully saturated rings. The number of anilines is 2. The lowest BCUT2D eigenvalue weighted by molar-refractivity contribution is 0.0679. The number of carbonyl (C=O) groups is 1. The van der Waals surface area contributed by atoms with E-state index in [4.69, 9.17) is 15.2 Å². The van der Waals surface area contributed by atoms with E-state index >= 15 is 0 Å². The molecule has 0 aromatic heterocycles. The van der Waals surface area contributed by atoms with Gasteiger partial charge in [-0.05, 0) is 61.6 Å². The van der Waals surface area contributed by atoms with E-state index in [1.165, 1.54) is 0 Å². The zero-order valence-corrected chi connectivity index (χ0v) is 14.8. The van der Waals surface area contributed by atoms with Crippen molar-refractivity contribution in [2.75, 3.05) is 30.4 Å². The quantitative estimate of drug-likeness (QED) is 0.857. The molecule has 2 heterocycles. The summed E-state index contributed by atoms with van der Waals surface area (Å²) in [5.41, 5.74) is 9.47. The van der Waals surface area contributed by atoms with Gasteiger partial charge in [-0.15, -0.1) is 0 Å². The van der Waals surface area contributed by atoms with Crippen molar-refractivity contribution < 1.29 is 14.3 Å². The van der Waals surface area contributed by atoms with Gasteiger partial charge in [0.1, 0.15) is 12.4 Å². The number of nitrogens with zero attached hydrogens (tertiary/aromatic N) is 1. The van der Waals surface area contributed by atoms with Crippen LogP contribution in [0.3, 0.4) is 0 Å². The second-order valence-corrected chi connectivity index (χ2v) is 6.88. The second-order valence-electron chi connectivity index (χ2n) is 6.88. The standard InChI is InChI=1S/C21H24N2O3/c22-19-9-2-10-20-18(19)8-3-11-23(20)21(24)15-5-1-6-16(13-15)26-14-17-7-4-12-25-17/h1-2,5-6,9-10,13,17H,3-4,7-8,11-12,14,22H2. The molecule has 5 heteroatoms. The van der Waals surface area contributed by atoms with Gasteiger partial charge in [0.15, 0.2) is 0 Å². The number of carbonyl (C=O) groups excluding carboxylic acids is 1. The molecule has 0 radical (unpaired) electrons. The van der Waals surface area contributed by atoms with Crippen LogP contribution in [-0.2, 0) is 11.2 Å². The van der Waals surface area contributed by atoms with E-state index in [1.807, 2.05) is 47.4 Å². The second kappa shape index (κ2) is 7.38. The Bertz CT molecular complexity index is 800. The smallest absolute Gasteiger partial charge is 0.258 e. The van der Waals surface area contributed by atoms with Gasteiger partial charge in [0, 0.05) is 30.1 Å². The molecule has 0 aliphatic carbocycles. The Morgan fingerprint density at radius 3 is 2.96 bits per heavy atom. The van der Waals surface area contributed by atoms with Crippen molar-refractivity contribution in [1.82, 2.24) is 0 Å². The van der Waals surface area contributed by atoms with Crippen LogP contribution in [0.15, 0.2) is 42.5 Å². The molecule has 2 aliphatic heterocycles.